The topological polar surface area (TPSA) is 32.3 Å². The molecule has 2 unspecified atom stereocenters. The van der Waals surface area contributed by atoms with Crippen LogP contribution in [0.4, 0.5) is 0 Å². The minimum Gasteiger partial charge on any atom is -0.394 e. The molecule has 0 aromatic carbocycles. The smallest absolute Gasteiger partial charge is 0.0611 e. The van der Waals surface area contributed by atoms with E-state index in [0.29, 0.717) is 5.25 Å². The van der Waals surface area contributed by atoms with Crippen LogP contribution in [0.5, 0.6) is 0 Å². The lowest BCUT2D eigenvalue weighted by atomic mass is 9.97. The highest BCUT2D eigenvalue weighted by atomic mass is 32.2. The number of hydrogen-bond acceptors (Lipinski definition) is 3. The maximum Gasteiger partial charge on any atom is 0.0611 e. The summed E-state index contributed by atoms with van der Waals surface area (Å²) in [6.45, 7) is 7.86. The van der Waals surface area contributed by atoms with Crippen molar-refractivity contribution in [2.24, 2.45) is 0 Å². The molecule has 2 N–H and O–H groups in total. The zero-order valence-corrected chi connectivity index (χ0v) is 12.5. The van der Waals surface area contributed by atoms with Gasteiger partial charge < -0.3 is 10.4 Å². The molecule has 0 aromatic rings. The molecule has 0 aromatic heterocycles. The highest BCUT2D eigenvalue weighted by Crippen LogP contribution is 2.34. The normalized spacial score (nSPS) is 22.6. The lowest BCUT2D eigenvalue weighted by molar-refractivity contribution is 0.166. The monoisotopic (exact) mass is 259 g/mol. The second kappa shape index (κ2) is 7.65. The summed E-state index contributed by atoms with van der Waals surface area (Å²) in [5, 5.41) is 14.6. The molecule has 2 nitrogen and oxygen atoms in total. The average Bonchev–Trinajstić information content (AvgIpc) is 2.79. The van der Waals surface area contributed by atoms with Gasteiger partial charge >= 0.3 is 0 Å². The Balaban J connectivity index is 2.32. The Morgan fingerprint density at radius 1 is 1.41 bits per heavy atom. The van der Waals surface area contributed by atoms with Gasteiger partial charge in [-0.3, -0.25) is 0 Å². The predicted octanol–water partition coefficient (Wildman–Crippen LogP) is 3.19. The van der Waals surface area contributed by atoms with Gasteiger partial charge in [0.05, 0.1) is 6.61 Å². The van der Waals surface area contributed by atoms with Gasteiger partial charge in [0, 0.05) is 16.0 Å². The summed E-state index contributed by atoms with van der Waals surface area (Å²) in [5.41, 5.74) is -0.0962. The van der Waals surface area contributed by atoms with Gasteiger partial charge in [-0.15, -0.1) is 0 Å². The second-order valence-corrected chi connectivity index (χ2v) is 7.45. The molecular formula is C14H29NOS. The third kappa shape index (κ3) is 5.62. The van der Waals surface area contributed by atoms with Crippen molar-refractivity contribution < 1.29 is 5.11 Å². The van der Waals surface area contributed by atoms with Crippen molar-refractivity contribution in [3.8, 4) is 0 Å². The number of thioether (sulfide) groups is 1. The van der Waals surface area contributed by atoms with E-state index >= 15 is 0 Å². The van der Waals surface area contributed by atoms with E-state index in [9.17, 15) is 5.11 Å². The molecule has 2 atom stereocenters. The summed E-state index contributed by atoms with van der Waals surface area (Å²) < 4.78 is 0. The molecule has 0 heterocycles. The highest BCUT2D eigenvalue weighted by molar-refractivity contribution is 8.00. The third-order valence-electron chi connectivity index (χ3n) is 3.62. The molecule has 1 fully saturated rings. The third-order valence-corrected chi connectivity index (χ3v) is 5.10. The van der Waals surface area contributed by atoms with Crippen LogP contribution in [0.25, 0.3) is 0 Å². The van der Waals surface area contributed by atoms with Crippen LogP contribution in [0.3, 0.4) is 0 Å². The summed E-state index contributed by atoms with van der Waals surface area (Å²) >= 11 is 2.13. The molecule has 0 aliphatic heterocycles. The summed E-state index contributed by atoms with van der Waals surface area (Å²) in [6.07, 6.45) is 7.80. The molecule has 0 radical (unpaired) electrons. The lowest BCUT2D eigenvalue weighted by Crippen LogP contribution is -2.47. The quantitative estimate of drug-likeness (QED) is 0.702. The van der Waals surface area contributed by atoms with Crippen molar-refractivity contribution in [2.45, 2.75) is 75.3 Å². The molecule has 0 bridgehead atoms. The molecule has 0 spiro atoms. The standard InChI is InChI=1S/C14H29NOS/c1-4-9-15-14(3,11-16)10-12(2)17-13-7-5-6-8-13/h12-13,15-16H,4-11H2,1-3H3. The summed E-state index contributed by atoms with van der Waals surface area (Å²) in [5.74, 6) is 0. The van der Waals surface area contributed by atoms with E-state index in [1.54, 1.807) is 0 Å². The maximum atomic E-state index is 9.55. The van der Waals surface area contributed by atoms with Gasteiger partial charge in [-0.05, 0) is 39.2 Å². The van der Waals surface area contributed by atoms with Gasteiger partial charge in [-0.2, -0.15) is 11.8 Å². The molecule has 102 valence electrons. The van der Waals surface area contributed by atoms with Gasteiger partial charge in [0.2, 0.25) is 0 Å². The molecule has 3 heteroatoms. The SMILES string of the molecule is CCCNC(C)(CO)CC(C)SC1CCCC1. The number of hydrogen-bond donors (Lipinski definition) is 2. The van der Waals surface area contributed by atoms with Gasteiger partial charge in [0.25, 0.3) is 0 Å². The molecular weight excluding hydrogens is 230 g/mol. The van der Waals surface area contributed by atoms with Crippen LogP contribution in [0.15, 0.2) is 0 Å². The summed E-state index contributed by atoms with van der Waals surface area (Å²) in [7, 11) is 0. The fraction of sp³-hybridized carbons (Fsp3) is 1.00. The van der Waals surface area contributed by atoms with Crippen LogP contribution in [0.1, 0.15) is 59.3 Å². The van der Waals surface area contributed by atoms with Crippen LogP contribution in [0.2, 0.25) is 0 Å². The van der Waals surface area contributed by atoms with E-state index < -0.39 is 0 Å². The first-order valence-corrected chi connectivity index (χ1v) is 8.05. The van der Waals surface area contributed by atoms with Gasteiger partial charge in [-0.1, -0.05) is 26.7 Å². The van der Waals surface area contributed by atoms with Gasteiger partial charge in [0.1, 0.15) is 0 Å². The predicted molar refractivity (Wildman–Crippen MR) is 77.7 cm³/mol. The van der Waals surface area contributed by atoms with E-state index in [-0.39, 0.29) is 12.1 Å². The lowest BCUT2D eigenvalue weighted by Gasteiger charge is -2.32. The van der Waals surface area contributed by atoms with Crippen molar-refractivity contribution >= 4 is 11.8 Å². The van der Waals surface area contributed by atoms with E-state index in [4.69, 9.17) is 0 Å². The van der Waals surface area contributed by atoms with Gasteiger partial charge in [-0.25, -0.2) is 0 Å². The molecule has 0 saturated heterocycles. The minimum absolute atomic E-state index is 0.0962. The van der Waals surface area contributed by atoms with Crippen LogP contribution < -0.4 is 5.32 Å². The highest BCUT2D eigenvalue weighted by Gasteiger charge is 2.27. The maximum absolute atomic E-state index is 9.55. The summed E-state index contributed by atoms with van der Waals surface area (Å²) in [4.78, 5) is 0. The number of aliphatic hydroxyl groups is 1. The Labute approximate surface area is 111 Å². The molecule has 1 aliphatic rings. The van der Waals surface area contributed by atoms with Gasteiger partial charge in [0.15, 0.2) is 0 Å². The number of nitrogens with one attached hydrogen (secondary N) is 1. The van der Waals surface area contributed by atoms with Crippen molar-refractivity contribution in [3.63, 3.8) is 0 Å². The van der Waals surface area contributed by atoms with Crippen molar-refractivity contribution in [1.29, 1.82) is 0 Å². The van der Waals surface area contributed by atoms with E-state index in [1.165, 1.54) is 25.7 Å². The first-order valence-electron chi connectivity index (χ1n) is 7.11. The fourth-order valence-electron chi connectivity index (χ4n) is 2.65. The molecule has 17 heavy (non-hydrogen) atoms. The fourth-order valence-corrected chi connectivity index (χ4v) is 4.38. The Morgan fingerprint density at radius 3 is 2.59 bits per heavy atom. The van der Waals surface area contributed by atoms with Crippen LogP contribution >= 0.6 is 11.8 Å². The van der Waals surface area contributed by atoms with Crippen molar-refractivity contribution in [3.05, 3.63) is 0 Å². The van der Waals surface area contributed by atoms with Crippen molar-refractivity contribution in [2.75, 3.05) is 13.2 Å². The first kappa shape index (κ1) is 15.3. The number of aliphatic hydroxyl groups excluding tert-OH is 1. The van der Waals surface area contributed by atoms with E-state index in [2.05, 4.69) is 37.8 Å². The van der Waals surface area contributed by atoms with Crippen LogP contribution in [0, 0.1) is 0 Å². The number of rotatable bonds is 8. The zero-order chi connectivity index (χ0) is 12.7. The molecule has 0 amide bonds. The zero-order valence-electron chi connectivity index (χ0n) is 11.7. The van der Waals surface area contributed by atoms with Crippen molar-refractivity contribution in [1.82, 2.24) is 5.32 Å². The minimum atomic E-state index is -0.0962. The molecule has 1 aliphatic carbocycles. The molecule has 1 saturated carbocycles. The Bertz CT molecular complexity index is 206. The van der Waals surface area contributed by atoms with Crippen LogP contribution in [-0.4, -0.2) is 34.3 Å². The summed E-state index contributed by atoms with van der Waals surface area (Å²) in [6, 6.07) is 0. The Morgan fingerprint density at radius 2 is 2.06 bits per heavy atom. The second-order valence-electron chi connectivity index (χ2n) is 5.70. The van der Waals surface area contributed by atoms with Crippen LogP contribution in [-0.2, 0) is 0 Å². The Hall–Kier alpha value is 0.270. The van der Waals surface area contributed by atoms with E-state index in [1.807, 2.05) is 0 Å². The Kier molecular flexibility index (Phi) is 6.90. The average molecular weight is 259 g/mol. The molecule has 1 rings (SSSR count). The largest absolute Gasteiger partial charge is 0.394 e. The first-order chi connectivity index (χ1) is 8.09. The van der Waals surface area contributed by atoms with E-state index in [0.717, 1.165) is 24.6 Å².